The molecule has 0 aliphatic heterocycles. The Morgan fingerprint density at radius 1 is 1.00 bits per heavy atom. The molecular formula is C31H35ClF3N5O5S. The molecule has 2 aromatic carbocycles. The number of sulfonamides is 1. The van der Waals surface area contributed by atoms with Gasteiger partial charge in [-0.1, -0.05) is 61.8 Å². The highest BCUT2D eigenvalue weighted by atomic mass is 35.5. The van der Waals surface area contributed by atoms with Gasteiger partial charge in [-0.25, -0.2) is 12.7 Å². The molecule has 10 nitrogen and oxygen atoms in total. The number of Topliss-reactive ketones (excluding diaryl/α,β-unsaturated/α-hetero) is 2. The fourth-order valence-corrected chi connectivity index (χ4v) is 5.64. The van der Waals surface area contributed by atoms with E-state index >= 15 is 0 Å². The molecule has 1 heterocycles. The maximum absolute atomic E-state index is 12.9. The van der Waals surface area contributed by atoms with Gasteiger partial charge in [0.25, 0.3) is 0 Å². The molecule has 4 rings (SSSR count). The Morgan fingerprint density at radius 3 is 2.20 bits per heavy atom. The van der Waals surface area contributed by atoms with E-state index in [-0.39, 0.29) is 36.8 Å². The van der Waals surface area contributed by atoms with Crippen LogP contribution in [-0.4, -0.2) is 71.9 Å². The summed E-state index contributed by atoms with van der Waals surface area (Å²) < 4.78 is 68.7. The lowest BCUT2D eigenvalue weighted by Crippen LogP contribution is -2.36. The number of alkyl halides is 3. The zero-order valence-electron chi connectivity index (χ0n) is 25.8. The lowest BCUT2D eigenvalue weighted by molar-refractivity contribution is -0.154. The van der Waals surface area contributed by atoms with Crippen molar-refractivity contribution < 1.29 is 35.9 Å². The van der Waals surface area contributed by atoms with Gasteiger partial charge in [-0.3, -0.25) is 9.59 Å². The number of halogens is 4. The number of rotatable bonds is 15. The Labute approximate surface area is 270 Å². The van der Waals surface area contributed by atoms with Crippen LogP contribution in [0.1, 0.15) is 66.8 Å². The molecule has 0 amide bonds. The summed E-state index contributed by atoms with van der Waals surface area (Å²) in [5.41, 5.74) is 0.481. The van der Waals surface area contributed by atoms with Gasteiger partial charge >= 0.3 is 12.2 Å². The number of hydrogen-bond acceptors (Lipinski definition) is 9. The summed E-state index contributed by atoms with van der Waals surface area (Å²) in [6.07, 6.45) is -2.78. The van der Waals surface area contributed by atoms with Crippen molar-refractivity contribution in [1.29, 1.82) is 0 Å². The van der Waals surface area contributed by atoms with E-state index in [0.717, 1.165) is 22.7 Å². The summed E-state index contributed by atoms with van der Waals surface area (Å²) in [6, 6.07) is 13.3. The van der Waals surface area contributed by atoms with E-state index in [4.69, 9.17) is 16.3 Å². The van der Waals surface area contributed by atoms with Crippen molar-refractivity contribution in [1.82, 2.24) is 19.3 Å². The van der Waals surface area contributed by atoms with Crippen LogP contribution in [0.2, 0.25) is 5.02 Å². The number of anilines is 1. The highest BCUT2D eigenvalue weighted by molar-refractivity contribution is 7.89. The molecule has 1 aromatic heterocycles. The Balaban J connectivity index is 1.45. The van der Waals surface area contributed by atoms with Crippen molar-refractivity contribution in [3.63, 3.8) is 0 Å². The number of hydrogen-bond donors (Lipinski definition) is 1. The summed E-state index contributed by atoms with van der Waals surface area (Å²) in [5.74, 6) is -1.12. The standard InChI is InChI=1S/C31H35ClF3N5O5S/c1-29(2,25(42)18-46(43,44)40(3)4)14-13-24(41)21-7-5-20(6-8-21)17-26-36-27(38-28(37-26)45-19-31(33,34)35)39-30(15-16-30)22-9-11-23(32)12-10-22/h5-12H,13-19H2,1-4H3,(H,36,37,38,39). The first kappa shape index (κ1) is 35.2. The van der Waals surface area contributed by atoms with Crippen molar-refractivity contribution >= 4 is 39.1 Å². The smallest absolute Gasteiger partial charge is 0.422 e. The maximum Gasteiger partial charge on any atom is 0.422 e. The summed E-state index contributed by atoms with van der Waals surface area (Å²) in [6.45, 7) is 1.66. The van der Waals surface area contributed by atoms with E-state index < -0.39 is 51.3 Å². The van der Waals surface area contributed by atoms with Crippen molar-refractivity contribution in [3.05, 3.63) is 76.1 Å². The average Bonchev–Trinajstić information content (AvgIpc) is 3.75. The monoisotopic (exact) mass is 681 g/mol. The first-order valence-electron chi connectivity index (χ1n) is 14.4. The fourth-order valence-electron chi connectivity index (χ4n) is 4.53. The number of ether oxygens (including phenoxy) is 1. The van der Waals surface area contributed by atoms with Gasteiger partial charge in [0.1, 0.15) is 11.6 Å². The molecule has 0 saturated heterocycles. The second kappa shape index (κ2) is 13.6. The molecule has 1 aliphatic rings. The number of ketones is 2. The predicted octanol–water partition coefficient (Wildman–Crippen LogP) is 5.61. The van der Waals surface area contributed by atoms with Gasteiger partial charge in [0, 0.05) is 42.9 Å². The Bertz CT molecular complexity index is 1680. The number of nitrogens with zero attached hydrogens (tertiary/aromatic N) is 4. The first-order chi connectivity index (χ1) is 21.4. The van der Waals surface area contributed by atoms with Crippen LogP contribution in [-0.2, 0) is 26.8 Å². The number of carbonyl (C=O) groups is 2. The van der Waals surface area contributed by atoms with Crippen molar-refractivity contribution in [2.45, 2.75) is 57.7 Å². The molecule has 248 valence electrons. The van der Waals surface area contributed by atoms with Gasteiger partial charge in [-0.15, -0.1) is 0 Å². The molecule has 1 fully saturated rings. The predicted molar refractivity (Wildman–Crippen MR) is 166 cm³/mol. The molecular weight excluding hydrogens is 647 g/mol. The van der Waals surface area contributed by atoms with Gasteiger partial charge in [-0.2, -0.15) is 28.1 Å². The van der Waals surface area contributed by atoms with Crippen molar-refractivity contribution in [3.8, 4) is 6.01 Å². The number of nitrogens with one attached hydrogen (secondary N) is 1. The van der Waals surface area contributed by atoms with Crippen LogP contribution >= 0.6 is 11.6 Å². The lowest BCUT2D eigenvalue weighted by atomic mass is 9.82. The van der Waals surface area contributed by atoms with Crippen molar-refractivity contribution in [2.75, 3.05) is 31.8 Å². The Morgan fingerprint density at radius 2 is 1.63 bits per heavy atom. The van der Waals surface area contributed by atoms with E-state index in [1.165, 1.54) is 14.1 Å². The topological polar surface area (TPSA) is 131 Å². The third-order valence-electron chi connectivity index (χ3n) is 7.76. The van der Waals surface area contributed by atoms with Crippen LogP contribution in [0.3, 0.4) is 0 Å². The molecule has 3 aromatic rings. The molecule has 0 atom stereocenters. The molecule has 1 aliphatic carbocycles. The van der Waals surface area contributed by atoms with Crippen LogP contribution < -0.4 is 10.1 Å². The van der Waals surface area contributed by atoms with Crippen LogP contribution in [0, 0.1) is 5.41 Å². The quantitative estimate of drug-likeness (QED) is 0.204. The van der Waals surface area contributed by atoms with E-state index in [2.05, 4.69) is 20.3 Å². The number of aromatic nitrogens is 3. The molecule has 0 bridgehead atoms. The molecule has 1 saturated carbocycles. The van der Waals surface area contributed by atoms with Crippen LogP contribution in [0.4, 0.5) is 19.1 Å². The Hall–Kier alpha value is -3.62. The maximum atomic E-state index is 12.9. The molecule has 0 unspecified atom stereocenters. The summed E-state index contributed by atoms with van der Waals surface area (Å²) in [7, 11) is -1.01. The summed E-state index contributed by atoms with van der Waals surface area (Å²) in [5, 5.41) is 3.81. The fraction of sp³-hybridized carbons (Fsp3) is 0.452. The third-order valence-corrected chi connectivity index (χ3v) is 9.76. The molecule has 46 heavy (non-hydrogen) atoms. The number of benzene rings is 2. The zero-order chi connectivity index (χ0) is 33.9. The summed E-state index contributed by atoms with van der Waals surface area (Å²) in [4.78, 5) is 38.2. The minimum absolute atomic E-state index is 0.0257. The SMILES string of the molecule is CN(C)S(=O)(=O)CC(=O)C(C)(C)CCC(=O)c1ccc(Cc2nc(NC3(c4ccc(Cl)cc4)CC3)nc(OCC(F)(F)F)n2)cc1. The van der Waals surface area contributed by atoms with Gasteiger partial charge in [0.2, 0.25) is 16.0 Å². The second-order valence-electron chi connectivity index (χ2n) is 12.1. The van der Waals surface area contributed by atoms with Gasteiger partial charge in [-0.05, 0) is 42.5 Å². The molecule has 0 radical (unpaired) electrons. The van der Waals surface area contributed by atoms with Crippen LogP contribution in [0.5, 0.6) is 6.01 Å². The largest absolute Gasteiger partial charge is 0.454 e. The Kier molecular flexibility index (Phi) is 10.4. The highest BCUT2D eigenvalue weighted by Crippen LogP contribution is 2.48. The average molecular weight is 682 g/mol. The van der Waals surface area contributed by atoms with Gasteiger partial charge in [0.15, 0.2) is 18.2 Å². The van der Waals surface area contributed by atoms with E-state index in [1.807, 2.05) is 12.1 Å². The minimum atomic E-state index is -4.59. The van der Waals surface area contributed by atoms with Crippen LogP contribution in [0.25, 0.3) is 0 Å². The lowest BCUT2D eigenvalue weighted by Gasteiger charge is -2.23. The van der Waals surface area contributed by atoms with Crippen molar-refractivity contribution in [2.24, 2.45) is 5.41 Å². The first-order valence-corrected chi connectivity index (χ1v) is 16.4. The van der Waals surface area contributed by atoms with Gasteiger partial charge < -0.3 is 10.1 Å². The zero-order valence-corrected chi connectivity index (χ0v) is 27.4. The number of carbonyl (C=O) groups excluding carboxylic acids is 2. The van der Waals surface area contributed by atoms with E-state index in [1.54, 1.807) is 50.2 Å². The molecule has 15 heteroatoms. The molecule has 1 N–H and O–H groups in total. The van der Waals surface area contributed by atoms with Gasteiger partial charge in [0.05, 0.1) is 5.54 Å². The third kappa shape index (κ3) is 9.46. The summed E-state index contributed by atoms with van der Waals surface area (Å²) >= 11 is 6.02. The second-order valence-corrected chi connectivity index (χ2v) is 14.7. The minimum Gasteiger partial charge on any atom is -0.454 e. The molecule has 0 spiro atoms. The van der Waals surface area contributed by atoms with E-state index in [9.17, 15) is 31.2 Å². The van der Waals surface area contributed by atoms with E-state index in [0.29, 0.717) is 16.1 Å². The van der Waals surface area contributed by atoms with Crippen LogP contribution in [0.15, 0.2) is 48.5 Å². The normalized spacial score (nSPS) is 14.6. The highest BCUT2D eigenvalue weighted by Gasteiger charge is 2.45.